The highest BCUT2D eigenvalue weighted by molar-refractivity contribution is 6.31. The average molecular weight is 464 g/mol. The van der Waals surface area contributed by atoms with Gasteiger partial charge >= 0.3 is 0 Å². The van der Waals surface area contributed by atoms with E-state index in [2.05, 4.69) is 25.4 Å². The second kappa shape index (κ2) is 8.18. The molecule has 3 heterocycles. The predicted octanol–water partition coefficient (Wildman–Crippen LogP) is 5.14. The van der Waals surface area contributed by atoms with E-state index in [1.807, 2.05) is 48.9 Å². The Hall–Kier alpha value is -3.98. The second-order valence-electron chi connectivity index (χ2n) is 7.49. The molecule has 0 aliphatic carbocycles. The van der Waals surface area contributed by atoms with Crippen LogP contribution in [0.3, 0.4) is 0 Å². The van der Waals surface area contributed by atoms with Gasteiger partial charge in [-0.1, -0.05) is 11.6 Å². The molecular weight excluding hydrogens is 445 g/mol. The van der Waals surface area contributed by atoms with Gasteiger partial charge in [-0.15, -0.1) is 5.10 Å². The quantitative estimate of drug-likeness (QED) is 0.388. The lowest BCUT2D eigenvalue weighted by Crippen LogP contribution is -2.00. The van der Waals surface area contributed by atoms with Crippen LogP contribution in [0.1, 0.15) is 11.4 Å². The minimum atomic E-state index is -0.480. The van der Waals surface area contributed by atoms with Crippen molar-refractivity contribution in [1.29, 1.82) is 0 Å². The molecule has 3 aromatic heterocycles. The third kappa shape index (κ3) is 3.98. The fraction of sp³-hybridized carbons (Fsp3) is 0.130. The van der Waals surface area contributed by atoms with Gasteiger partial charge in [0.15, 0.2) is 0 Å². The Morgan fingerprint density at radius 3 is 2.61 bits per heavy atom. The number of hydrogen-bond donors (Lipinski definition) is 1. The second-order valence-corrected chi connectivity index (χ2v) is 7.90. The Labute approximate surface area is 193 Å². The number of aryl methyl sites for hydroxylation is 2. The summed E-state index contributed by atoms with van der Waals surface area (Å²) in [6.45, 7) is 3.79. The molecule has 2 aromatic carbocycles. The number of imidazole rings is 1. The number of methoxy groups -OCH3 is 1. The van der Waals surface area contributed by atoms with Crippen LogP contribution in [0.2, 0.25) is 5.02 Å². The molecule has 0 atom stereocenters. The van der Waals surface area contributed by atoms with Crippen LogP contribution in [-0.4, -0.2) is 36.2 Å². The Balaban J connectivity index is 1.52. The van der Waals surface area contributed by atoms with Gasteiger partial charge in [-0.3, -0.25) is 0 Å². The van der Waals surface area contributed by atoms with Crippen molar-refractivity contribution < 1.29 is 9.13 Å². The lowest BCUT2D eigenvalue weighted by Gasteiger charge is -2.11. The standard InChI is InChI=1S/C23H19ClFN7O/c1-13-8-20(15-4-6-18(25)17(24)9-15)32-23(27-13)29-22(30-32)28-16-5-7-19(21(10-16)33-3)31-11-14(2)26-12-31/h4-12H,1-3H3,(H,28,30). The minimum Gasteiger partial charge on any atom is -0.494 e. The highest BCUT2D eigenvalue weighted by Gasteiger charge is 2.14. The molecular formula is C23H19ClFN7O. The van der Waals surface area contributed by atoms with E-state index in [4.69, 9.17) is 16.3 Å². The third-order valence-corrected chi connectivity index (χ3v) is 5.37. The Morgan fingerprint density at radius 1 is 1.03 bits per heavy atom. The number of fused-ring (bicyclic) bond motifs is 1. The number of halogens is 2. The van der Waals surface area contributed by atoms with E-state index in [1.165, 1.54) is 6.07 Å². The monoisotopic (exact) mass is 463 g/mol. The highest BCUT2D eigenvalue weighted by Crippen LogP contribution is 2.29. The van der Waals surface area contributed by atoms with Crippen LogP contribution in [0.25, 0.3) is 22.7 Å². The van der Waals surface area contributed by atoms with E-state index in [-0.39, 0.29) is 5.02 Å². The summed E-state index contributed by atoms with van der Waals surface area (Å²) in [5, 5.41) is 7.79. The molecule has 0 amide bonds. The summed E-state index contributed by atoms with van der Waals surface area (Å²) in [4.78, 5) is 13.2. The SMILES string of the molecule is COc1cc(Nc2nc3nc(C)cc(-c4ccc(F)c(Cl)c4)n3n2)ccc1-n1cnc(C)c1. The molecule has 33 heavy (non-hydrogen) atoms. The van der Waals surface area contributed by atoms with Crippen LogP contribution < -0.4 is 10.1 Å². The molecule has 0 aliphatic rings. The summed E-state index contributed by atoms with van der Waals surface area (Å²) < 4.78 is 22.7. The van der Waals surface area contributed by atoms with E-state index in [9.17, 15) is 4.39 Å². The van der Waals surface area contributed by atoms with Gasteiger partial charge in [0.1, 0.15) is 11.6 Å². The van der Waals surface area contributed by atoms with Crippen molar-refractivity contribution >= 4 is 29.0 Å². The number of rotatable bonds is 5. The minimum absolute atomic E-state index is 0.0360. The molecule has 8 nitrogen and oxygen atoms in total. The number of anilines is 2. The van der Waals surface area contributed by atoms with Crippen molar-refractivity contribution in [3.63, 3.8) is 0 Å². The molecule has 1 N–H and O–H groups in total. The molecule has 0 saturated carbocycles. The van der Waals surface area contributed by atoms with E-state index in [0.29, 0.717) is 28.7 Å². The third-order valence-electron chi connectivity index (χ3n) is 5.08. The van der Waals surface area contributed by atoms with Gasteiger partial charge in [0.25, 0.3) is 5.78 Å². The van der Waals surface area contributed by atoms with Crippen molar-refractivity contribution in [3.8, 4) is 22.7 Å². The summed E-state index contributed by atoms with van der Waals surface area (Å²) in [6.07, 6.45) is 3.66. The first-order valence-electron chi connectivity index (χ1n) is 10.1. The molecule has 0 bridgehead atoms. The van der Waals surface area contributed by atoms with Crippen molar-refractivity contribution in [3.05, 3.63) is 77.2 Å². The van der Waals surface area contributed by atoms with E-state index in [1.54, 1.807) is 30.1 Å². The summed E-state index contributed by atoms with van der Waals surface area (Å²) >= 11 is 5.99. The van der Waals surface area contributed by atoms with Crippen molar-refractivity contribution in [2.24, 2.45) is 0 Å². The molecule has 0 fully saturated rings. The highest BCUT2D eigenvalue weighted by atomic mass is 35.5. The molecule has 0 saturated heterocycles. The Bertz CT molecular complexity index is 1490. The van der Waals surface area contributed by atoms with Crippen molar-refractivity contribution in [1.82, 2.24) is 29.1 Å². The summed E-state index contributed by atoms with van der Waals surface area (Å²) in [6, 6.07) is 12.1. The van der Waals surface area contributed by atoms with Crippen molar-refractivity contribution in [2.45, 2.75) is 13.8 Å². The Morgan fingerprint density at radius 2 is 1.88 bits per heavy atom. The first kappa shape index (κ1) is 20.9. The number of nitrogens with one attached hydrogen (secondary N) is 1. The zero-order valence-corrected chi connectivity index (χ0v) is 18.8. The topological polar surface area (TPSA) is 82.2 Å². The van der Waals surface area contributed by atoms with E-state index < -0.39 is 5.82 Å². The lowest BCUT2D eigenvalue weighted by molar-refractivity contribution is 0.413. The molecule has 5 aromatic rings. The summed E-state index contributed by atoms with van der Waals surface area (Å²) in [5.41, 5.74) is 4.66. The van der Waals surface area contributed by atoms with Gasteiger partial charge in [-0.2, -0.15) is 9.50 Å². The number of aromatic nitrogens is 6. The van der Waals surface area contributed by atoms with Crippen LogP contribution in [0.15, 0.2) is 55.0 Å². The largest absolute Gasteiger partial charge is 0.494 e. The number of benzene rings is 2. The smallest absolute Gasteiger partial charge is 0.254 e. The molecule has 0 aliphatic heterocycles. The normalized spacial score (nSPS) is 11.2. The average Bonchev–Trinajstić information content (AvgIpc) is 3.40. The van der Waals surface area contributed by atoms with Gasteiger partial charge in [0.2, 0.25) is 5.95 Å². The zero-order chi connectivity index (χ0) is 23.1. The number of hydrogen-bond acceptors (Lipinski definition) is 6. The van der Waals surface area contributed by atoms with E-state index in [0.717, 1.165) is 22.8 Å². The van der Waals surface area contributed by atoms with Crippen molar-refractivity contribution in [2.75, 3.05) is 12.4 Å². The fourth-order valence-corrected chi connectivity index (χ4v) is 3.73. The predicted molar refractivity (Wildman–Crippen MR) is 124 cm³/mol. The van der Waals surface area contributed by atoms with Crippen LogP contribution in [0, 0.1) is 19.7 Å². The van der Waals surface area contributed by atoms with Gasteiger partial charge in [0.05, 0.1) is 35.5 Å². The summed E-state index contributed by atoms with van der Waals surface area (Å²) in [7, 11) is 1.61. The maximum Gasteiger partial charge on any atom is 0.254 e. The molecule has 10 heteroatoms. The molecule has 5 rings (SSSR count). The molecule has 0 unspecified atom stereocenters. The maximum atomic E-state index is 13.6. The summed E-state index contributed by atoms with van der Waals surface area (Å²) in [5.74, 6) is 0.949. The maximum absolute atomic E-state index is 13.6. The van der Waals surface area contributed by atoms with Gasteiger partial charge in [-0.05, 0) is 50.2 Å². The van der Waals surface area contributed by atoms with Crippen LogP contribution in [0.4, 0.5) is 16.0 Å². The first-order valence-corrected chi connectivity index (χ1v) is 10.4. The molecule has 0 spiro atoms. The fourth-order valence-electron chi connectivity index (χ4n) is 3.55. The lowest BCUT2D eigenvalue weighted by atomic mass is 10.1. The first-order chi connectivity index (χ1) is 15.9. The number of nitrogens with zero attached hydrogens (tertiary/aromatic N) is 6. The molecule has 166 valence electrons. The van der Waals surface area contributed by atoms with E-state index >= 15 is 0 Å². The Kier molecular flexibility index (Phi) is 5.18. The van der Waals surface area contributed by atoms with Crippen LogP contribution >= 0.6 is 11.6 Å². The van der Waals surface area contributed by atoms with Gasteiger partial charge in [-0.25, -0.2) is 14.4 Å². The molecule has 0 radical (unpaired) electrons. The van der Waals surface area contributed by atoms with Gasteiger partial charge < -0.3 is 14.6 Å². The van der Waals surface area contributed by atoms with Gasteiger partial charge in [0, 0.05) is 29.2 Å². The zero-order valence-electron chi connectivity index (χ0n) is 18.0. The number of ether oxygens (including phenoxy) is 1. The van der Waals surface area contributed by atoms with Crippen LogP contribution in [-0.2, 0) is 0 Å². The van der Waals surface area contributed by atoms with Crippen LogP contribution in [0.5, 0.6) is 5.75 Å².